The van der Waals surface area contributed by atoms with Gasteiger partial charge in [-0.25, -0.2) is 0 Å². The number of rotatable bonds is 6. The van der Waals surface area contributed by atoms with Crippen molar-refractivity contribution in [3.8, 4) is 0 Å². The number of hydrogen-bond acceptors (Lipinski definition) is 2. The third-order valence-electron chi connectivity index (χ3n) is 1.82. The Kier molecular flexibility index (Phi) is 4.98. The van der Waals surface area contributed by atoms with Crippen LogP contribution in [0.1, 0.15) is 40.0 Å². The van der Waals surface area contributed by atoms with Crippen LogP contribution in [0.5, 0.6) is 0 Å². The smallest absolute Gasteiger partial charge is 0.0976 e. The first kappa shape index (κ1) is 11.5. The van der Waals surface area contributed by atoms with Crippen molar-refractivity contribution in [2.75, 3.05) is 0 Å². The highest BCUT2D eigenvalue weighted by Gasteiger charge is 2.15. The van der Waals surface area contributed by atoms with Crippen molar-refractivity contribution in [2.24, 2.45) is 0 Å². The second-order valence-corrected chi connectivity index (χ2v) is 3.68. The minimum Gasteiger partial charge on any atom is -0.499 e. The van der Waals surface area contributed by atoms with E-state index >= 15 is 0 Å². The van der Waals surface area contributed by atoms with Crippen molar-refractivity contribution < 1.29 is 9.84 Å². The molecule has 1 unspecified atom stereocenters. The van der Waals surface area contributed by atoms with E-state index in [2.05, 4.69) is 13.5 Å². The summed E-state index contributed by atoms with van der Waals surface area (Å²) in [5, 5.41) is 9.45. The van der Waals surface area contributed by atoms with E-state index in [1.165, 1.54) is 6.26 Å². The summed E-state index contributed by atoms with van der Waals surface area (Å²) < 4.78 is 5.24. The highest BCUT2D eigenvalue weighted by molar-refractivity contribution is 4.69. The maximum Gasteiger partial charge on any atom is 0.0976 e. The fraction of sp³-hybridized carbons (Fsp3) is 0.800. The molecule has 1 atom stereocenters. The molecule has 0 saturated heterocycles. The molecule has 1 N–H and O–H groups in total. The van der Waals surface area contributed by atoms with Gasteiger partial charge in [0.2, 0.25) is 0 Å². The summed E-state index contributed by atoms with van der Waals surface area (Å²) in [5.74, 6) is 0. The molecule has 0 bridgehead atoms. The van der Waals surface area contributed by atoms with Gasteiger partial charge in [-0.15, -0.1) is 0 Å². The highest BCUT2D eigenvalue weighted by atomic mass is 16.5. The maximum atomic E-state index is 9.45. The molecule has 12 heavy (non-hydrogen) atoms. The van der Waals surface area contributed by atoms with E-state index < -0.39 is 5.60 Å². The van der Waals surface area contributed by atoms with Gasteiger partial charge >= 0.3 is 0 Å². The first-order chi connectivity index (χ1) is 5.49. The predicted octanol–water partition coefficient (Wildman–Crippen LogP) is 2.48. The summed E-state index contributed by atoms with van der Waals surface area (Å²) in [6, 6.07) is 0. The first-order valence-corrected chi connectivity index (χ1v) is 4.48. The van der Waals surface area contributed by atoms with Crippen molar-refractivity contribution in [1.82, 2.24) is 0 Å². The molecule has 0 rings (SSSR count). The third-order valence-corrected chi connectivity index (χ3v) is 1.82. The quantitative estimate of drug-likeness (QED) is 0.624. The van der Waals surface area contributed by atoms with Crippen molar-refractivity contribution in [1.29, 1.82) is 0 Å². The Bertz CT molecular complexity index is 124. The monoisotopic (exact) mass is 172 g/mol. The molecule has 0 fully saturated rings. The van der Waals surface area contributed by atoms with Crippen molar-refractivity contribution in [3.05, 3.63) is 12.8 Å². The van der Waals surface area contributed by atoms with Crippen molar-refractivity contribution >= 4 is 0 Å². The Morgan fingerprint density at radius 2 is 2.17 bits per heavy atom. The molecule has 0 spiro atoms. The Hall–Kier alpha value is -0.500. The molecule has 0 aliphatic carbocycles. The maximum absolute atomic E-state index is 9.45. The molecule has 0 aliphatic rings. The van der Waals surface area contributed by atoms with E-state index in [9.17, 15) is 5.11 Å². The normalized spacial score (nSPS) is 14.0. The second kappa shape index (κ2) is 5.20. The molecule has 0 amide bonds. The summed E-state index contributed by atoms with van der Waals surface area (Å²) in [6.45, 7) is 9.20. The molecule has 2 nitrogen and oxygen atoms in total. The minimum absolute atomic E-state index is 0.203. The van der Waals surface area contributed by atoms with Crippen LogP contribution < -0.4 is 0 Å². The van der Waals surface area contributed by atoms with Gasteiger partial charge in [-0.1, -0.05) is 13.5 Å². The fourth-order valence-corrected chi connectivity index (χ4v) is 1.02. The average Bonchev–Trinajstić information content (AvgIpc) is 1.96. The molecule has 0 aliphatic heterocycles. The summed E-state index contributed by atoms with van der Waals surface area (Å²) in [6.07, 6.45) is 4.28. The van der Waals surface area contributed by atoms with Crippen LogP contribution in [0, 0.1) is 0 Å². The van der Waals surface area contributed by atoms with Gasteiger partial charge in [0.15, 0.2) is 0 Å². The van der Waals surface area contributed by atoms with Crippen LogP contribution in [-0.4, -0.2) is 16.8 Å². The van der Waals surface area contributed by atoms with Crippen LogP contribution >= 0.6 is 0 Å². The second-order valence-electron chi connectivity index (χ2n) is 3.68. The summed E-state index contributed by atoms with van der Waals surface area (Å²) in [4.78, 5) is 0. The van der Waals surface area contributed by atoms with Gasteiger partial charge < -0.3 is 9.84 Å². The van der Waals surface area contributed by atoms with Crippen LogP contribution in [-0.2, 0) is 4.74 Å². The van der Waals surface area contributed by atoms with Gasteiger partial charge in [-0.3, -0.25) is 0 Å². The summed E-state index contributed by atoms with van der Waals surface area (Å²) in [5.41, 5.74) is -0.585. The van der Waals surface area contributed by atoms with Crippen LogP contribution in [0.15, 0.2) is 12.8 Å². The Morgan fingerprint density at radius 1 is 1.58 bits per heavy atom. The SMILES string of the molecule is C=COC(CC)CCC(C)(C)O. The molecule has 0 heterocycles. The topological polar surface area (TPSA) is 29.5 Å². The lowest BCUT2D eigenvalue weighted by Gasteiger charge is -2.20. The zero-order chi connectivity index (χ0) is 9.61. The number of aliphatic hydroxyl groups is 1. The lowest BCUT2D eigenvalue weighted by atomic mass is 9.99. The van der Waals surface area contributed by atoms with Gasteiger partial charge in [0.1, 0.15) is 0 Å². The molecule has 0 radical (unpaired) electrons. The van der Waals surface area contributed by atoms with E-state index in [0.29, 0.717) is 0 Å². The Balaban J connectivity index is 3.64. The minimum atomic E-state index is -0.585. The third kappa shape index (κ3) is 6.23. The highest BCUT2D eigenvalue weighted by Crippen LogP contribution is 2.15. The molecule has 72 valence electrons. The van der Waals surface area contributed by atoms with E-state index in [4.69, 9.17) is 4.74 Å². The van der Waals surface area contributed by atoms with E-state index in [1.807, 2.05) is 13.8 Å². The van der Waals surface area contributed by atoms with Crippen LogP contribution in [0.3, 0.4) is 0 Å². The van der Waals surface area contributed by atoms with E-state index in [0.717, 1.165) is 19.3 Å². The van der Waals surface area contributed by atoms with Crippen LogP contribution in [0.4, 0.5) is 0 Å². The fourth-order valence-electron chi connectivity index (χ4n) is 1.02. The summed E-state index contributed by atoms with van der Waals surface area (Å²) >= 11 is 0. The lowest BCUT2D eigenvalue weighted by molar-refractivity contribution is 0.0440. The van der Waals surface area contributed by atoms with Crippen LogP contribution in [0.2, 0.25) is 0 Å². The van der Waals surface area contributed by atoms with Gasteiger partial charge in [0.05, 0.1) is 18.0 Å². The zero-order valence-electron chi connectivity index (χ0n) is 8.34. The summed E-state index contributed by atoms with van der Waals surface area (Å²) in [7, 11) is 0. The number of ether oxygens (including phenoxy) is 1. The van der Waals surface area contributed by atoms with E-state index in [-0.39, 0.29) is 6.10 Å². The van der Waals surface area contributed by atoms with Gasteiger partial charge in [0.25, 0.3) is 0 Å². The number of hydrogen-bond donors (Lipinski definition) is 1. The largest absolute Gasteiger partial charge is 0.499 e. The Labute approximate surface area is 75.2 Å². The molecule has 0 saturated carbocycles. The van der Waals surface area contributed by atoms with Gasteiger partial charge in [-0.05, 0) is 33.1 Å². The molecule has 0 aromatic heterocycles. The molecule has 0 aromatic carbocycles. The van der Waals surface area contributed by atoms with Crippen molar-refractivity contribution in [2.45, 2.75) is 51.7 Å². The molecule has 0 aromatic rings. The standard InChI is InChI=1S/C10H20O2/c1-5-9(12-6-2)7-8-10(3,4)11/h6,9,11H,2,5,7-8H2,1,3-4H3. The van der Waals surface area contributed by atoms with Crippen LogP contribution in [0.25, 0.3) is 0 Å². The first-order valence-electron chi connectivity index (χ1n) is 4.48. The van der Waals surface area contributed by atoms with E-state index in [1.54, 1.807) is 0 Å². The Morgan fingerprint density at radius 3 is 2.50 bits per heavy atom. The predicted molar refractivity (Wildman–Crippen MR) is 50.9 cm³/mol. The lowest BCUT2D eigenvalue weighted by Crippen LogP contribution is -2.21. The average molecular weight is 172 g/mol. The molecule has 2 heteroatoms. The molecular formula is C10H20O2. The van der Waals surface area contributed by atoms with Crippen molar-refractivity contribution in [3.63, 3.8) is 0 Å². The van der Waals surface area contributed by atoms with Gasteiger partial charge in [-0.2, -0.15) is 0 Å². The molecular weight excluding hydrogens is 152 g/mol. The van der Waals surface area contributed by atoms with Gasteiger partial charge in [0, 0.05) is 0 Å². The zero-order valence-corrected chi connectivity index (χ0v) is 8.34.